The molecule has 0 saturated carbocycles. The molecule has 4 aromatic rings. The lowest BCUT2D eigenvalue weighted by atomic mass is 10.2. The lowest BCUT2D eigenvalue weighted by Crippen LogP contribution is -2.49. The summed E-state index contributed by atoms with van der Waals surface area (Å²) >= 11 is 6.21. The molecule has 1 aromatic carbocycles. The molecule has 3 N–H and O–H groups in total. The molecule has 1 saturated heterocycles. The quantitative estimate of drug-likeness (QED) is 0.428. The Morgan fingerprint density at radius 3 is 2.76 bits per heavy atom. The van der Waals surface area contributed by atoms with E-state index in [2.05, 4.69) is 29.9 Å². The van der Waals surface area contributed by atoms with Crippen LogP contribution in [0.15, 0.2) is 36.9 Å². The smallest absolute Gasteiger partial charge is 0.244 e. The molecule has 5 rings (SSSR count). The molecular formula is C22H24ClN9O2. The SMILES string of the molecule is CCOc1cc(N2CCN(C(=O)Cn3nc(-c4ncc[nH]4)c4c(N)ncnc43)CC2)ccc1Cl. The summed E-state index contributed by atoms with van der Waals surface area (Å²) in [6.07, 6.45) is 4.69. The molecule has 1 amide bonds. The zero-order valence-electron chi connectivity index (χ0n) is 18.6. The number of rotatable bonds is 6. The number of aromatic amines is 1. The number of nitrogens with one attached hydrogen (secondary N) is 1. The van der Waals surface area contributed by atoms with Crippen molar-refractivity contribution >= 4 is 40.0 Å². The van der Waals surface area contributed by atoms with Crippen molar-refractivity contribution in [2.45, 2.75) is 13.5 Å². The molecular weight excluding hydrogens is 458 g/mol. The van der Waals surface area contributed by atoms with Crippen molar-refractivity contribution in [3.05, 3.63) is 41.9 Å². The predicted molar refractivity (Wildman–Crippen MR) is 129 cm³/mol. The average molecular weight is 482 g/mol. The monoisotopic (exact) mass is 481 g/mol. The third-order valence-electron chi connectivity index (χ3n) is 5.78. The molecule has 0 radical (unpaired) electrons. The molecule has 12 heteroatoms. The predicted octanol–water partition coefficient (Wildman–Crippen LogP) is 2.20. The first-order chi connectivity index (χ1) is 16.5. The molecule has 1 aliphatic heterocycles. The van der Waals surface area contributed by atoms with E-state index in [4.69, 9.17) is 22.1 Å². The third kappa shape index (κ3) is 4.10. The Bertz CT molecular complexity index is 1310. The molecule has 1 fully saturated rings. The number of amides is 1. The number of imidazole rings is 1. The van der Waals surface area contributed by atoms with E-state index < -0.39 is 0 Å². The van der Waals surface area contributed by atoms with Crippen molar-refractivity contribution in [3.63, 3.8) is 0 Å². The third-order valence-corrected chi connectivity index (χ3v) is 6.09. The van der Waals surface area contributed by atoms with Gasteiger partial charge in [-0.2, -0.15) is 5.10 Å². The molecule has 0 bridgehead atoms. The summed E-state index contributed by atoms with van der Waals surface area (Å²) in [5.74, 6) is 1.46. The number of nitrogen functional groups attached to an aromatic ring is 1. The summed E-state index contributed by atoms with van der Waals surface area (Å²) in [7, 11) is 0. The molecule has 3 aromatic heterocycles. The summed E-state index contributed by atoms with van der Waals surface area (Å²) in [4.78, 5) is 32.9. The topological polar surface area (TPSA) is 131 Å². The second-order valence-electron chi connectivity index (χ2n) is 7.82. The van der Waals surface area contributed by atoms with Crippen LogP contribution in [0, 0.1) is 0 Å². The summed E-state index contributed by atoms with van der Waals surface area (Å²) in [6, 6.07) is 5.75. The van der Waals surface area contributed by atoms with Gasteiger partial charge in [-0.1, -0.05) is 11.6 Å². The van der Waals surface area contributed by atoms with E-state index in [0.29, 0.717) is 66.1 Å². The standard InChI is InChI=1S/C22H24ClN9O2/c1-2-34-16-11-14(3-4-15(16)23)30-7-9-31(10-8-30)17(33)12-32-22-18(20(24)27-13-28-22)19(29-32)21-25-5-6-26-21/h3-6,11,13H,2,7-10,12H2,1H3,(H,25,26)(H2,24,27,28). The van der Waals surface area contributed by atoms with Gasteiger partial charge < -0.3 is 25.3 Å². The van der Waals surface area contributed by atoms with E-state index in [1.807, 2.05) is 30.0 Å². The zero-order chi connectivity index (χ0) is 23.7. The normalized spacial score (nSPS) is 14.1. The van der Waals surface area contributed by atoms with E-state index >= 15 is 0 Å². The van der Waals surface area contributed by atoms with E-state index in [0.717, 1.165) is 5.69 Å². The van der Waals surface area contributed by atoms with Crippen molar-refractivity contribution in [2.24, 2.45) is 0 Å². The summed E-state index contributed by atoms with van der Waals surface area (Å²) in [5, 5.41) is 5.74. The van der Waals surface area contributed by atoms with Gasteiger partial charge in [-0.05, 0) is 19.1 Å². The Hall–Kier alpha value is -3.86. The largest absolute Gasteiger partial charge is 0.492 e. The number of carbonyl (C=O) groups is 1. The Labute approximate surface area is 200 Å². The van der Waals surface area contributed by atoms with Crippen molar-refractivity contribution in [1.29, 1.82) is 0 Å². The van der Waals surface area contributed by atoms with Crippen LogP contribution in [0.3, 0.4) is 0 Å². The highest BCUT2D eigenvalue weighted by molar-refractivity contribution is 6.32. The van der Waals surface area contributed by atoms with Gasteiger partial charge in [-0.3, -0.25) is 4.79 Å². The van der Waals surface area contributed by atoms with Gasteiger partial charge in [0, 0.05) is 50.3 Å². The van der Waals surface area contributed by atoms with E-state index in [1.165, 1.54) is 6.33 Å². The number of piperazine rings is 1. The Morgan fingerprint density at radius 1 is 1.21 bits per heavy atom. The first-order valence-corrected chi connectivity index (χ1v) is 11.3. The lowest BCUT2D eigenvalue weighted by molar-refractivity contribution is -0.132. The lowest BCUT2D eigenvalue weighted by Gasteiger charge is -2.36. The van der Waals surface area contributed by atoms with Crippen LogP contribution in [0.5, 0.6) is 5.75 Å². The number of aromatic nitrogens is 6. The van der Waals surface area contributed by atoms with Gasteiger partial charge in [0.2, 0.25) is 5.91 Å². The van der Waals surface area contributed by atoms with Crippen molar-refractivity contribution in [2.75, 3.05) is 43.4 Å². The molecule has 0 atom stereocenters. The van der Waals surface area contributed by atoms with Crippen LogP contribution in [-0.4, -0.2) is 73.3 Å². The summed E-state index contributed by atoms with van der Waals surface area (Å²) in [5.41, 5.74) is 8.13. The first-order valence-electron chi connectivity index (χ1n) is 11.0. The fraction of sp³-hybridized carbons (Fsp3) is 0.318. The maximum atomic E-state index is 13.1. The molecule has 4 heterocycles. The highest BCUT2D eigenvalue weighted by Crippen LogP contribution is 2.31. The van der Waals surface area contributed by atoms with Gasteiger partial charge in [-0.25, -0.2) is 19.6 Å². The number of H-pyrrole nitrogens is 1. The van der Waals surface area contributed by atoms with Crippen LogP contribution in [0.4, 0.5) is 11.5 Å². The molecule has 34 heavy (non-hydrogen) atoms. The van der Waals surface area contributed by atoms with Gasteiger partial charge in [0.1, 0.15) is 30.1 Å². The fourth-order valence-electron chi connectivity index (χ4n) is 4.10. The van der Waals surface area contributed by atoms with E-state index in [9.17, 15) is 4.79 Å². The minimum Gasteiger partial charge on any atom is -0.492 e. The first kappa shape index (κ1) is 22.0. The number of benzene rings is 1. The van der Waals surface area contributed by atoms with Gasteiger partial charge in [0.05, 0.1) is 17.0 Å². The molecule has 0 unspecified atom stereocenters. The maximum absolute atomic E-state index is 13.1. The van der Waals surface area contributed by atoms with Gasteiger partial charge in [0.15, 0.2) is 11.5 Å². The van der Waals surface area contributed by atoms with Crippen molar-refractivity contribution in [3.8, 4) is 17.3 Å². The minimum atomic E-state index is -0.0432. The Morgan fingerprint density at radius 2 is 2.03 bits per heavy atom. The average Bonchev–Trinajstić information content (AvgIpc) is 3.50. The maximum Gasteiger partial charge on any atom is 0.244 e. The number of carbonyl (C=O) groups excluding carboxylic acids is 1. The van der Waals surface area contributed by atoms with Gasteiger partial charge in [0.25, 0.3) is 0 Å². The molecule has 0 aliphatic carbocycles. The van der Waals surface area contributed by atoms with Crippen LogP contribution < -0.4 is 15.4 Å². The summed E-state index contributed by atoms with van der Waals surface area (Å²) < 4.78 is 7.17. The number of hydrogen-bond acceptors (Lipinski definition) is 8. The Kier molecular flexibility index (Phi) is 5.93. The number of nitrogens with two attached hydrogens (primary N) is 1. The zero-order valence-corrected chi connectivity index (χ0v) is 19.4. The highest BCUT2D eigenvalue weighted by atomic mass is 35.5. The second-order valence-corrected chi connectivity index (χ2v) is 8.22. The highest BCUT2D eigenvalue weighted by Gasteiger charge is 2.25. The number of hydrogen-bond donors (Lipinski definition) is 2. The van der Waals surface area contributed by atoms with Crippen LogP contribution >= 0.6 is 11.6 Å². The number of nitrogens with zero attached hydrogens (tertiary/aromatic N) is 7. The number of ether oxygens (including phenoxy) is 1. The molecule has 1 aliphatic rings. The molecule has 0 spiro atoms. The number of halogens is 1. The van der Waals surface area contributed by atoms with Crippen molar-refractivity contribution in [1.82, 2.24) is 34.6 Å². The van der Waals surface area contributed by atoms with E-state index in [1.54, 1.807) is 17.1 Å². The minimum absolute atomic E-state index is 0.0432. The second kappa shape index (κ2) is 9.18. The van der Waals surface area contributed by atoms with Crippen LogP contribution in [0.1, 0.15) is 6.92 Å². The van der Waals surface area contributed by atoms with Gasteiger partial charge >= 0.3 is 0 Å². The number of anilines is 2. The van der Waals surface area contributed by atoms with Crippen molar-refractivity contribution < 1.29 is 9.53 Å². The molecule has 11 nitrogen and oxygen atoms in total. The van der Waals surface area contributed by atoms with Crippen LogP contribution in [-0.2, 0) is 11.3 Å². The van der Waals surface area contributed by atoms with Crippen LogP contribution in [0.25, 0.3) is 22.6 Å². The Balaban J connectivity index is 1.30. The number of fused-ring (bicyclic) bond motifs is 1. The summed E-state index contributed by atoms with van der Waals surface area (Å²) in [6.45, 7) is 5.10. The van der Waals surface area contributed by atoms with E-state index in [-0.39, 0.29) is 18.3 Å². The molecule has 176 valence electrons. The van der Waals surface area contributed by atoms with Crippen LogP contribution in [0.2, 0.25) is 5.02 Å². The van der Waals surface area contributed by atoms with Gasteiger partial charge in [-0.15, -0.1) is 0 Å². The fourth-order valence-corrected chi connectivity index (χ4v) is 4.27.